The summed E-state index contributed by atoms with van der Waals surface area (Å²) in [6, 6.07) is 18.8. The average molecular weight is 262 g/mol. The standard InChI is InChI=1S/C18H18N2/c1-18(2,3)17-12-11-16(19-20-17)15-10-6-8-13-7-4-5-9-14(13)15/h4-12H,1-3H3. The average Bonchev–Trinajstić information content (AvgIpc) is 2.46. The molecule has 0 unspecified atom stereocenters. The Hall–Kier alpha value is -2.22. The van der Waals surface area contributed by atoms with Crippen molar-refractivity contribution in [3.05, 3.63) is 60.3 Å². The van der Waals surface area contributed by atoms with Crippen LogP contribution >= 0.6 is 0 Å². The lowest BCUT2D eigenvalue weighted by molar-refractivity contribution is 0.559. The molecule has 0 spiro atoms. The molecule has 2 heteroatoms. The van der Waals surface area contributed by atoms with E-state index in [1.165, 1.54) is 10.8 Å². The maximum atomic E-state index is 4.42. The van der Waals surface area contributed by atoms with Crippen LogP contribution in [0.5, 0.6) is 0 Å². The van der Waals surface area contributed by atoms with Gasteiger partial charge in [0.15, 0.2) is 0 Å². The van der Waals surface area contributed by atoms with E-state index in [4.69, 9.17) is 0 Å². The van der Waals surface area contributed by atoms with Crippen LogP contribution in [0.1, 0.15) is 26.5 Å². The van der Waals surface area contributed by atoms with Crippen molar-refractivity contribution in [2.45, 2.75) is 26.2 Å². The fourth-order valence-electron chi connectivity index (χ4n) is 2.32. The largest absolute Gasteiger partial charge is 0.154 e. The SMILES string of the molecule is CC(C)(C)c1ccc(-c2cccc3ccccc23)nn1. The summed E-state index contributed by atoms with van der Waals surface area (Å²) in [5, 5.41) is 11.2. The number of hydrogen-bond acceptors (Lipinski definition) is 2. The van der Waals surface area contributed by atoms with Gasteiger partial charge in [0.25, 0.3) is 0 Å². The Morgan fingerprint density at radius 2 is 1.50 bits per heavy atom. The van der Waals surface area contributed by atoms with Gasteiger partial charge in [0.1, 0.15) is 0 Å². The molecule has 0 bridgehead atoms. The normalized spacial score (nSPS) is 11.8. The first kappa shape index (κ1) is 12.8. The van der Waals surface area contributed by atoms with Gasteiger partial charge in [-0.25, -0.2) is 0 Å². The van der Waals surface area contributed by atoms with Crippen LogP contribution in [-0.4, -0.2) is 10.2 Å². The van der Waals surface area contributed by atoms with E-state index in [1.54, 1.807) is 0 Å². The Balaban J connectivity index is 2.12. The van der Waals surface area contributed by atoms with E-state index in [-0.39, 0.29) is 5.41 Å². The predicted octanol–water partition coefficient (Wildman–Crippen LogP) is 4.59. The Labute approximate surface area is 119 Å². The zero-order valence-corrected chi connectivity index (χ0v) is 12.1. The first-order valence-electron chi connectivity index (χ1n) is 6.88. The summed E-state index contributed by atoms with van der Waals surface area (Å²) in [4.78, 5) is 0. The maximum Gasteiger partial charge on any atom is 0.0936 e. The zero-order valence-electron chi connectivity index (χ0n) is 12.1. The molecule has 1 heterocycles. The lowest BCUT2D eigenvalue weighted by atomic mass is 9.92. The molecule has 3 rings (SSSR count). The van der Waals surface area contributed by atoms with Crippen molar-refractivity contribution in [2.75, 3.05) is 0 Å². The monoisotopic (exact) mass is 262 g/mol. The molecule has 2 aromatic carbocycles. The molecule has 0 N–H and O–H groups in total. The van der Waals surface area contributed by atoms with Gasteiger partial charge in [-0.15, -0.1) is 0 Å². The molecular formula is C18H18N2. The van der Waals surface area contributed by atoms with Crippen molar-refractivity contribution >= 4 is 10.8 Å². The van der Waals surface area contributed by atoms with Crippen molar-refractivity contribution in [2.24, 2.45) is 0 Å². The maximum absolute atomic E-state index is 4.42. The van der Waals surface area contributed by atoms with E-state index >= 15 is 0 Å². The molecule has 0 aliphatic rings. The number of nitrogens with zero attached hydrogens (tertiary/aromatic N) is 2. The van der Waals surface area contributed by atoms with Gasteiger partial charge >= 0.3 is 0 Å². The van der Waals surface area contributed by atoms with Gasteiger partial charge in [-0.2, -0.15) is 10.2 Å². The highest BCUT2D eigenvalue weighted by atomic mass is 15.1. The molecule has 0 aliphatic carbocycles. The second-order valence-electron chi connectivity index (χ2n) is 6.08. The summed E-state index contributed by atoms with van der Waals surface area (Å²) in [5.74, 6) is 0. The molecule has 20 heavy (non-hydrogen) atoms. The first-order chi connectivity index (χ1) is 9.55. The van der Waals surface area contributed by atoms with Crippen molar-refractivity contribution < 1.29 is 0 Å². The molecule has 2 nitrogen and oxygen atoms in total. The minimum atomic E-state index is 0.0320. The Kier molecular flexibility index (Phi) is 3.01. The predicted molar refractivity (Wildman–Crippen MR) is 83.7 cm³/mol. The highest BCUT2D eigenvalue weighted by Gasteiger charge is 2.16. The molecule has 100 valence electrons. The van der Waals surface area contributed by atoms with Crippen LogP contribution in [0.2, 0.25) is 0 Å². The van der Waals surface area contributed by atoms with Crippen molar-refractivity contribution in [1.82, 2.24) is 10.2 Å². The fourth-order valence-corrected chi connectivity index (χ4v) is 2.32. The molecule has 0 fully saturated rings. The van der Waals surface area contributed by atoms with Gasteiger partial charge in [0.2, 0.25) is 0 Å². The van der Waals surface area contributed by atoms with Gasteiger partial charge in [-0.05, 0) is 22.9 Å². The van der Waals surface area contributed by atoms with E-state index in [1.807, 2.05) is 0 Å². The molecule has 0 saturated carbocycles. The van der Waals surface area contributed by atoms with E-state index < -0.39 is 0 Å². The molecular weight excluding hydrogens is 244 g/mol. The third-order valence-corrected chi connectivity index (χ3v) is 3.50. The Morgan fingerprint density at radius 3 is 2.20 bits per heavy atom. The third kappa shape index (κ3) is 2.29. The Morgan fingerprint density at radius 1 is 0.750 bits per heavy atom. The van der Waals surface area contributed by atoms with Crippen molar-refractivity contribution in [1.29, 1.82) is 0 Å². The highest BCUT2D eigenvalue weighted by molar-refractivity contribution is 5.95. The zero-order chi connectivity index (χ0) is 14.2. The van der Waals surface area contributed by atoms with Crippen LogP contribution in [0.25, 0.3) is 22.0 Å². The van der Waals surface area contributed by atoms with E-state index in [9.17, 15) is 0 Å². The van der Waals surface area contributed by atoms with Crippen LogP contribution < -0.4 is 0 Å². The summed E-state index contributed by atoms with van der Waals surface area (Å²) >= 11 is 0. The highest BCUT2D eigenvalue weighted by Crippen LogP contribution is 2.28. The van der Waals surface area contributed by atoms with Gasteiger partial charge in [0.05, 0.1) is 11.4 Å². The molecule has 0 atom stereocenters. The number of rotatable bonds is 1. The fraction of sp³-hybridized carbons (Fsp3) is 0.222. The summed E-state index contributed by atoms with van der Waals surface area (Å²) in [6.45, 7) is 6.44. The minimum Gasteiger partial charge on any atom is -0.154 e. The van der Waals surface area contributed by atoms with Crippen molar-refractivity contribution in [3.8, 4) is 11.3 Å². The second-order valence-corrected chi connectivity index (χ2v) is 6.08. The number of benzene rings is 2. The molecule has 0 amide bonds. The number of fused-ring (bicyclic) bond motifs is 1. The topological polar surface area (TPSA) is 25.8 Å². The molecule has 0 saturated heterocycles. The van der Waals surface area contributed by atoms with Crippen LogP contribution in [0.15, 0.2) is 54.6 Å². The second kappa shape index (κ2) is 4.71. The van der Waals surface area contributed by atoms with E-state index in [2.05, 4.69) is 85.6 Å². The van der Waals surface area contributed by atoms with E-state index in [0.29, 0.717) is 0 Å². The molecule has 3 aromatic rings. The summed E-state index contributed by atoms with van der Waals surface area (Å²) in [5.41, 5.74) is 3.11. The quantitative estimate of drug-likeness (QED) is 0.640. The summed E-state index contributed by atoms with van der Waals surface area (Å²) < 4.78 is 0. The number of hydrogen-bond donors (Lipinski definition) is 0. The summed E-state index contributed by atoms with van der Waals surface area (Å²) in [6.07, 6.45) is 0. The first-order valence-corrected chi connectivity index (χ1v) is 6.88. The van der Waals surface area contributed by atoms with Crippen LogP contribution in [0, 0.1) is 0 Å². The molecule has 1 aromatic heterocycles. The van der Waals surface area contributed by atoms with Crippen LogP contribution in [-0.2, 0) is 5.41 Å². The van der Waals surface area contributed by atoms with Gasteiger partial charge < -0.3 is 0 Å². The van der Waals surface area contributed by atoms with Crippen molar-refractivity contribution in [3.63, 3.8) is 0 Å². The Bertz CT molecular complexity index is 732. The summed E-state index contributed by atoms with van der Waals surface area (Å²) in [7, 11) is 0. The molecule has 0 aliphatic heterocycles. The lowest BCUT2D eigenvalue weighted by Gasteiger charge is -2.16. The number of aromatic nitrogens is 2. The molecule has 0 radical (unpaired) electrons. The lowest BCUT2D eigenvalue weighted by Crippen LogP contribution is -2.14. The van der Waals surface area contributed by atoms with Gasteiger partial charge in [0, 0.05) is 11.0 Å². The minimum absolute atomic E-state index is 0.0320. The smallest absolute Gasteiger partial charge is 0.0936 e. The van der Waals surface area contributed by atoms with E-state index in [0.717, 1.165) is 17.0 Å². The van der Waals surface area contributed by atoms with Crippen LogP contribution in [0.3, 0.4) is 0 Å². The third-order valence-electron chi connectivity index (χ3n) is 3.50. The van der Waals surface area contributed by atoms with Gasteiger partial charge in [-0.1, -0.05) is 63.2 Å². The van der Waals surface area contributed by atoms with Crippen LogP contribution in [0.4, 0.5) is 0 Å². The van der Waals surface area contributed by atoms with Gasteiger partial charge in [-0.3, -0.25) is 0 Å².